The van der Waals surface area contributed by atoms with Crippen LogP contribution < -0.4 is 5.73 Å². The zero-order chi connectivity index (χ0) is 10.9. The molecular formula is C8H21NO3S. The Kier molecular flexibility index (Phi) is 10.00. The zero-order valence-electron chi connectivity index (χ0n) is 8.66. The fourth-order valence-electron chi connectivity index (χ4n) is 0.415. The van der Waals surface area contributed by atoms with Crippen LogP contribution in [0.5, 0.6) is 0 Å². The normalized spacial score (nSPS) is 13.0. The first kappa shape index (κ1) is 15.3. The van der Waals surface area contributed by atoms with E-state index in [1.165, 1.54) is 19.8 Å². The van der Waals surface area contributed by atoms with Crippen molar-refractivity contribution in [2.24, 2.45) is 5.73 Å². The molecule has 0 saturated carbocycles. The number of nitrogens with two attached hydrogens (primary N) is 1. The van der Waals surface area contributed by atoms with Gasteiger partial charge in [-0.25, -0.2) is 0 Å². The molecule has 5 heteroatoms. The molecule has 82 valence electrons. The molecule has 0 saturated heterocycles. The summed E-state index contributed by atoms with van der Waals surface area (Å²) in [7, 11) is -3.75. The van der Waals surface area contributed by atoms with Gasteiger partial charge in [-0.15, -0.1) is 0 Å². The van der Waals surface area contributed by atoms with Crippen molar-refractivity contribution in [2.75, 3.05) is 6.54 Å². The van der Waals surface area contributed by atoms with Gasteiger partial charge in [-0.1, -0.05) is 20.3 Å². The van der Waals surface area contributed by atoms with Crippen molar-refractivity contribution >= 4 is 10.1 Å². The van der Waals surface area contributed by atoms with Gasteiger partial charge in [0.15, 0.2) is 0 Å². The molecule has 0 rings (SSSR count). The van der Waals surface area contributed by atoms with Gasteiger partial charge < -0.3 is 5.73 Å². The van der Waals surface area contributed by atoms with Crippen molar-refractivity contribution in [3.8, 4) is 0 Å². The minimum Gasteiger partial charge on any atom is -0.330 e. The first-order valence-corrected chi connectivity index (χ1v) is 6.06. The summed E-state index contributed by atoms with van der Waals surface area (Å²) in [5.41, 5.74) is 5.14. The summed E-state index contributed by atoms with van der Waals surface area (Å²) in [5, 5.41) is -0.623. The van der Waals surface area contributed by atoms with Crippen molar-refractivity contribution in [3.63, 3.8) is 0 Å². The highest BCUT2D eigenvalue weighted by Crippen LogP contribution is 1.99. The van der Waals surface area contributed by atoms with E-state index < -0.39 is 15.4 Å². The Balaban J connectivity index is 0. The zero-order valence-corrected chi connectivity index (χ0v) is 9.47. The van der Waals surface area contributed by atoms with Crippen LogP contribution in [0, 0.1) is 0 Å². The number of unbranched alkanes of at least 4 members (excludes halogenated alkanes) is 1. The van der Waals surface area contributed by atoms with Crippen LogP contribution in [-0.4, -0.2) is 24.8 Å². The molecule has 4 nitrogen and oxygen atoms in total. The van der Waals surface area contributed by atoms with Crippen LogP contribution in [0.25, 0.3) is 0 Å². The van der Waals surface area contributed by atoms with Gasteiger partial charge in [0, 0.05) is 0 Å². The van der Waals surface area contributed by atoms with E-state index in [-0.39, 0.29) is 0 Å². The molecule has 0 aliphatic carbocycles. The summed E-state index contributed by atoms with van der Waals surface area (Å²) in [5.74, 6) is 0. The topological polar surface area (TPSA) is 80.4 Å². The van der Waals surface area contributed by atoms with Crippen molar-refractivity contribution in [1.82, 2.24) is 0 Å². The SMILES string of the molecule is CCC(C)S(=O)(=O)O.CCCCN. The van der Waals surface area contributed by atoms with Gasteiger partial charge in [-0.3, -0.25) is 4.55 Å². The highest BCUT2D eigenvalue weighted by Gasteiger charge is 2.13. The van der Waals surface area contributed by atoms with E-state index in [2.05, 4.69) is 6.92 Å². The molecular weight excluding hydrogens is 190 g/mol. The standard InChI is InChI=1S/C4H11N.C4H10O3S/c1-2-3-4-5;1-3-4(2)8(5,6)7/h2-5H2,1H3;4H,3H2,1-2H3,(H,5,6,7). The van der Waals surface area contributed by atoms with Crippen molar-refractivity contribution in [3.05, 3.63) is 0 Å². The predicted molar refractivity (Wildman–Crippen MR) is 55.3 cm³/mol. The van der Waals surface area contributed by atoms with Crippen LogP contribution in [-0.2, 0) is 10.1 Å². The van der Waals surface area contributed by atoms with Gasteiger partial charge in [-0.2, -0.15) is 8.42 Å². The van der Waals surface area contributed by atoms with E-state index in [4.69, 9.17) is 10.3 Å². The predicted octanol–water partition coefficient (Wildman–Crippen LogP) is 1.42. The third kappa shape index (κ3) is 11.9. The summed E-state index contributed by atoms with van der Waals surface area (Å²) < 4.78 is 28.5. The minimum atomic E-state index is -3.75. The molecule has 0 aromatic carbocycles. The van der Waals surface area contributed by atoms with E-state index in [0.29, 0.717) is 6.42 Å². The van der Waals surface area contributed by atoms with E-state index in [1.54, 1.807) is 6.92 Å². The Bertz CT molecular complexity index is 188. The Hall–Kier alpha value is -0.130. The summed E-state index contributed by atoms with van der Waals surface area (Å²) in [6.07, 6.45) is 2.84. The molecule has 0 aromatic heterocycles. The van der Waals surface area contributed by atoms with Crippen LogP contribution >= 0.6 is 0 Å². The van der Waals surface area contributed by atoms with Crippen molar-refractivity contribution < 1.29 is 13.0 Å². The molecule has 13 heavy (non-hydrogen) atoms. The summed E-state index contributed by atoms with van der Waals surface area (Å²) >= 11 is 0. The lowest BCUT2D eigenvalue weighted by atomic mass is 10.3. The van der Waals surface area contributed by atoms with Crippen LogP contribution in [0.1, 0.15) is 40.0 Å². The maximum absolute atomic E-state index is 10.1. The molecule has 0 fully saturated rings. The maximum atomic E-state index is 10.1. The monoisotopic (exact) mass is 211 g/mol. The number of hydrogen-bond acceptors (Lipinski definition) is 3. The molecule has 0 aliphatic rings. The molecule has 0 aromatic rings. The third-order valence-corrected chi connectivity index (χ3v) is 2.99. The van der Waals surface area contributed by atoms with Gasteiger partial charge in [0.1, 0.15) is 0 Å². The van der Waals surface area contributed by atoms with Gasteiger partial charge in [0.2, 0.25) is 0 Å². The Morgan fingerprint density at radius 2 is 1.85 bits per heavy atom. The molecule has 0 bridgehead atoms. The second-order valence-electron chi connectivity index (χ2n) is 2.88. The summed E-state index contributed by atoms with van der Waals surface area (Å²) in [6, 6.07) is 0. The average molecular weight is 211 g/mol. The molecule has 0 aliphatic heterocycles. The van der Waals surface area contributed by atoms with Crippen LogP contribution in [0.3, 0.4) is 0 Å². The first-order valence-electron chi connectivity index (χ1n) is 4.56. The maximum Gasteiger partial charge on any atom is 0.267 e. The number of rotatable bonds is 4. The van der Waals surface area contributed by atoms with E-state index in [9.17, 15) is 8.42 Å². The summed E-state index contributed by atoms with van der Waals surface area (Å²) in [6.45, 7) is 6.15. The van der Waals surface area contributed by atoms with E-state index >= 15 is 0 Å². The third-order valence-electron chi connectivity index (χ3n) is 1.64. The Morgan fingerprint density at radius 3 is 1.85 bits per heavy atom. The van der Waals surface area contributed by atoms with Crippen LogP contribution in [0.4, 0.5) is 0 Å². The quantitative estimate of drug-likeness (QED) is 0.689. The summed E-state index contributed by atoms with van der Waals surface area (Å²) in [4.78, 5) is 0. The van der Waals surface area contributed by atoms with Gasteiger partial charge in [0.25, 0.3) is 10.1 Å². The molecule has 0 heterocycles. The lowest BCUT2D eigenvalue weighted by Crippen LogP contribution is -2.14. The first-order chi connectivity index (χ1) is 5.90. The Morgan fingerprint density at radius 1 is 1.38 bits per heavy atom. The highest BCUT2D eigenvalue weighted by molar-refractivity contribution is 7.86. The second kappa shape index (κ2) is 8.47. The fraction of sp³-hybridized carbons (Fsp3) is 1.00. The number of hydrogen-bond donors (Lipinski definition) is 2. The van der Waals surface area contributed by atoms with Gasteiger partial charge >= 0.3 is 0 Å². The van der Waals surface area contributed by atoms with Gasteiger partial charge in [0.05, 0.1) is 5.25 Å². The molecule has 0 radical (unpaired) electrons. The smallest absolute Gasteiger partial charge is 0.267 e. The average Bonchev–Trinajstić information content (AvgIpc) is 2.04. The Labute approximate surface area is 81.3 Å². The van der Waals surface area contributed by atoms with Crippen molar-refractivity contribution in [2.45, 2.75) is 45.3 Å². The molecule has 3 N–H and O–H groups in total. The lowest BCUT2D eigenvalue weighted by molar-refractivity contribution is 0.468. The molecule has 1 unspecified atom stereocenters. The molecule has 0 spiro atoms. The van der Waals surface area contributed by atoms with Crippen LogP contribution in [0.2, 0.25) is 0 Å². The van der Waals surface area contributed by atoms with E-state index in [0.717, 1.165) is 6.54 Å². The van der Waals surface area contributed by atoms with E-state index in [1.807, 2.05) is 0 Å². The fourth-order valence-corrected chi connectivity index (χ4v) is 0.836. The van der Waals surface area contributed by atoms with Gasteiger partial charge in [-0.05, 0) is 26.3 Å². The second-order valence-corrected chi connectivity index (χ2v) is 4.71. The molecule has 0 amide bonds. The lowest BCUT2D eigenvalue weighted by Gasteiger charge is -2.00. The van der Waals surface area contributed by atoms with Crippen molar-refractivity contribution in [1.29, 1.82) is 0 Å². The highest BCUT2D eigenvalue weighted by atomic mass is 32.2. The van der Waals surface area contributed by atoms with Crippen LogP contribution in [0.15, 0.2) is 0 Å². The largest absolute Gasteiger partial charge is 0.330 e. The molecule has 1 atom stereocenters. The minimum absolute atomic E-state index is 0.457.